The predicted octanol–water partition coefficient (Wildman–Crippen LogP) is 1.73. The summed E-state index contributed by atoms with van der Waals surface area (Å²) in [7, 11) is 0. The molecule has 3 heterocycles. The molecule has 4 heteroatoms. The average molecular weight is 270 g/mol. The zero-order valence-corrected chi connectivity index (χ0v) is 12.1. The van der Waals surface area contributed by atoms with Crippen LogP contribution >= 0.6 is 11.8 Å². The highest BCUT2D eigenvalue weighted by Crippen LogP contribution is 2.38. The second-order valence-corrected chi connectivity index (χ2v) is 7.13. The first-order valence-corrected chi connectivity index (χ1v) is 8.69. The lowest BCUT2D eigenvalue weighted by molar-refractivity contribution is -0.0701. The van der Waals surface area contributed by atoms with Crippen molar-refractivity contribution in [1.29, 1.82) is 0 Å². The van der Waals surface area contributed by atoms with E-state index in [9.17, 15) is 0 Å². The number of likely N-dealkylation sites (tertiary alicyclic amines) is 1. The summed E-state index contributed by atoms with van der Waals surface area (Å²) in [5.41, 5.74) is 0.230. The van der Waals surface area contributed by atoms with E-state index in [1.807, 2.05) is 0 Å². The number of hydrogen-bond acceptors (Lipinski definition) is 4. The summed E-state index contributed by atoms with van der Waals surface area (Å²) >= 11 is 2.06. The average Bonchev–Trinajstić information content (AvgIpc) is 3.02. The summed E-state index contributed by atoms with van der Waals surface area (Å²) in [5.74, 6) is 2.51. The molecule has 0 aromatic carbocycles. The molecule has 3 aliphatic rings. The SMILES string of the molecule is C1CCN(CCNC2CCOC3(CCSC3)C2)C1. The van der Waals surface area contributed by atoms with Gasteiger partial charge in [0.2, 0.25) is 0 Å². The van der Waals surface area contributed by atoms with Crippen LogP contribution in [0.3, 0.4) is 0 Å². The fourth-order valence-electron chi connectivity index (χ4n) is 3.50. The van der Waals surface area contributed by atoms with E-state index in [-0.39, 0.29) is 5.60 Å². The van der Waals surface area contributed by atoms with Crippen molar-refractivity contribution >= 4 is 11.8 Å². The van der Waals surface area contributed by atoms with Crippen molar-refractivity contribution in [1.82, 2.24) is 10.2 Å². The molecule has 3 saturated heterocycles. The van der Waals surface area contributed by atoms with Gasteiger partial charge in [-0.15, -0.1) is 0 Å². The van der Waals surface area contributed by atoms with Crippen molar-refractivity contribution < 1.29 is 4.74 Å². The number of hydrogen-bond donors (Lipinski definition) is 1. The Morgan fingerprint density at radius 1 is 1.33 bits per heavy atom. The van der Waals surface area contributed by atoms with E-state index in [1.54, 1.807) is 0 Å². The van der Waals surface area contributed by atoms with Gasteiger partial charge in [0.25, 0.3) is 0 Å². The van der Waals surface area contributed by atoms with Crippen LogP contribution < -0.4 is 5.32 Å². The van der Waals surface area contributed by atoms with Gasteiger partial charge in [0.15, 0.2) is 0 Å². The first-order valence-electron chi connectivity index (χ1n) is 7.54. The van der Waals surface area contributed by atoms with Gasteiger partial charge in [-0.3, -0.25) is 0 Å². The lowest BCUT2D eigenvalue weighted by Gasteiger charge is -2.38. The normalized spacial score (nSPS) is 37.7. The second kappa shape index (κ2) is 6.12. The fraction of sp³-hybridized carbons (Fsp3) is 1.00. The van der Waals surface area contributed by atoms with Gasteiger partial charge >= 0.3 is 0 Å². The van der Waals surface area contributed by atoms with Gasteiger partial charge in [-0.25, -0.2) is 0 Å². The lowest BCUT2D eigenvalue weighted by Crippen LogP contribution is -2.48. The molecule has 0 saturated carbocycles. The molecule has 2 atom stereocenters. The first-order chi connectivity index (χ1) is 8.86. The van der Waals surface area contributed by atoms with Crippen LogP contribution in [0.4, 0.5) is 0 Å². The van der Waals surface area contributed by atoms with Gasteiger partial charge in [-0.1, -0.05) is 0 Å². The zero-order valence-electron chi connectivity index (χ0n) is 11.3. The molecule has 18 heavy (non-hydrogen) atoms. The van der Waals surface area contributed by atoms with Crippen molar-refractivity contribution in [2.75, 3.05) is 44.3 Å². The maximum absolute atomic E-state index is 6.07. The molecule has 3 fully saturated rings. The third-order valence-electron chi connectivity index (χ3n) is 4.62. The monoisotopic (exact) mass is 270 g/mol. The van der Waals surface area contributed by atoms with E-state index in [1.165, 1.54) is 63.2 Å². The van der Waals surface area contributed by atoms with E-state index in [0.29, 0.717) is 6.04 Å². The molecule has 0 aromatic rings. The van der Waals surface area contributed by atoms with Crippen LogP contribution in [0.15, 0.2) is 0 Å². The Bertz CT molecular complexity index is 263. The number of rotatable bonds is 4. The molecule has 1 spiro atoms. The van der Waals surface area contributed by atoms with Gasteiger partial charge in [-0.05, 0) is 50.9 Å². The Balaban J connectivity index is 1.39. The Hall–Kier alpha value is 0.230. The quantitative estimate of drug-likeness (QED) is 0.841. The van der Waals surface area contributed by atoms with Gasteiger partial charge in [0.05, 0.1) is 5.60 Å². The molecule has 0 aromatic heterocycles. The summed E-state index contributed by atoms with van der Waals surface area (Å²) in [4.78, 5) is 2.59. The van der Waals surface area contributed by atoms with Crippen molar-refractivity contribution in [3.63, 3.8) is 0 Å². The van der Waals surface area contributed by atoms with E-state index < -0.39 is 0 Å². The standard InChI is InChI=1S/C14H26N2OS/c1-2-7-16(6-1)8-5-15-13-3-9-17-14(11-13)4-10-18-12-14/h13,15H,1-12H2. The summed E-state index contributed by atoms with van der Waals surface area (Å²) in [6, 6.07) is 0.694. The zero-order chi connectivity index (χ0) is 12.3. The maximum atomic E-state index is 6.07. The number of nitrogens with zero attached hydrogens (tertiary/aromatic N) is 1. The molecule has 3 rings (SSSR count). The van der Waals surface area contributed by atoms with E-state index in [4.69, 9.17) is 4.74 Å². The minimum atomic E-state index is 0.230. The topological polar surface area (TPSA) is 24.5 Å². The van der Waals surface area contributed by atoms with Crippen molar-refractivity contribution in [2.24, 2.45) is 0 Å². The Morgan fingerprint density at radius 2 is 2.22 bits per heavy atom. The van der Waals surface area contributed by atoms with Gasteiger partial charge in [-0.2, -0.15) is 11.8 Å². The fourth-order valence-corrected chi connectivity index (χ4v) is 4.88. The van der Waals surface area contributed by atoms with Crippen LogP contribution in [0.25, 0.3) is 0 Å². The van der Waals surface area contributed by atoms with Crippen LogP contribution in [-0.4, -0.2) is 60.8 Å². The van der Waals surface area contributed by atoms with Crippen molar-refractivity contribution in [3.05, 3.63) is 0 Å². The van der Waals surface area contributed by atoms with Crippen LogP contribution in [0.5, 0.6) is 0 Å². The molecule has 104 valence electrons. The molecule has 0 amide bonds. The molecular formula is C14H26N2OS. The molecular weight excluding hydrogens is 244 g/mol. The van der Waals surface area contributed by atoms with Crippen LogP contribution in [0.1, 0.15) is 32.1 Å². The minimum Gasteiger partial charge on any atom is -0.374 e. The van der Waals surface area contributed by atoms with Gasteiger partial charge < -0.3 is 15.0 Å². The third-order valence-corrected chi connectivity index (χ3v) is 5.84. The van der Waals surface area contributed by atoms with Gasteiger partial charge in [0.1, 0.15) is 0 Å². The Kier molecular flexibility index (Phi) is 4.50. The van der Waals surface area contributed by atoms with Gasteiger partial charge in [0, 0.05) is 31.5 Å². The second-order valence-electron chi connectivity index (χ2n) is 6.03. The summed E-state index contributed by atoms with van der Waals surface area (Å²) in [6.45, 7) is 5.99. The number of thioether (sulfide) groups is 1. The summed E-state index contributed by atoms with van der Waals surface area (Å²) in [5, 5.41) is 3.77. The van der Waals surface area contributed by atoms with E-state index in [2.05, 4.69) is 22.0 Å². The molecule has 1 N–H and O–H groups in total. The van der Waals surface area contributed by atoms with E-state index >= 15 is 0 Å². The van der Waals surface area contributed by atoms with Crippen molar-refractivity contribution in [2.45, 2.75) is 43.7 Å². The molecule has 3 nitrogen and oxygen atoms in total. The highest BCUT2D eigenvalue weighted by molar-refractivity contribution is 7.99. The lowest BCUT2D eigenvalue weighted by atomic mass is 9.90. The summed E-state index contributed by atoms with van der Waals surface area (Å²) < 4.78 is 6.07. The maximum Gasteiger partial charge on any atom is 0.0795 e. The van der Waals surface area contributed by atoms with E-state index in [0.717, 1.165) is 13.2 Å². The molecule has 3 aliphatic heterocycles. The Labute approximate surface area is 115 Å². The minimum absolute atomic E-state index is 0.230. The largest absolute Gasteiger partial charge is 0.374 e. The predicted molar refractivity (Wildman–Crippen MR) is 77.3 cm³/mol. The van der Waals surface area contributed by atoms with Crippen LogP contribution in [-0.2, 0) is 4.74 Å². The van der Waals surface area contributed by atoms with Crippen LogP contribution in [0.2, 0.25) is 0 Å². The molecule has 0 bridgehead atoms. The first kappa shape index (κ1) is 13.2. The Morgan fingerprint density at radius 3 is 3.00 bits per heavy atom. The van der Waals surface area contributed by atoms with Crippen molar-refractivity contribution in [3.8, 4) is 0 Å². The van der Waals surface area contributed by atoms with Crippen LogP contribution in [0, 0.1) is 0 Å². The molecule has 0 radical (unpaired) electrons. The third kappa shape index (κ3) is 3.21. The highest BCUT2D eigenvalue weighted by Gasteiger charge is 2.40. The highest BCUT2D eigenvalue weighted by atomic mass is 32.2. The molecule has 2 unspecified atom stereocenters. The summed E-state index contributed by atoms with van der Waals surface area (Å²) in [6.07, 6.45) is 6.50. The number of nitrogens with one attached hydrogen (secondary N) is 1. The number of ether oxygens (including phenoxy) is 1. The smallest absolute Gasteiger partial charge is 0.0795 e. The molecule has 0 aliphatic carbocycles.